The van der Waals surface area contributed by atoms with Crippen molar-refractivity contribution in [3.8, 4) is 0 Å². The standard InChI is InChI=1S/C32H34O2.C8H18/c1-7-11-23(10-4)25-15-16-28(22(6)34)31(20-25)32-29(13-9-3)26(12-8-2)19-27-18-24(21(5)33)14-17-30(27)32;1-3-5-7-8-6-4-2/h8-9,11-18,20H,2,7,10,19H2,1,3-6H3;3-8H2,1-2H3/b13-9-,23-11?,26-12-;. The second-order valence-electron chi connectivity index (χ2n) is 11.0. The van der Waals surface area contributed by atoms with E-state index in [9.17, 15) is 9.59 Å². The van der Waals surface area contributed by atoms with Gasteiger partial charge >= 0.3 is 0 Å². The molecule has 2 aromatic carbocycles. The van der Waals surface area contributed by atoms with Crippen molar-refractivity contribution >= 4 is 22.7 Å². The minimum atomic E-state index is 0.0353. The first-order chi connectivity index (χ1) is 20.3. The van der Waals surface area contributed by atoms with Crippen LogP contribution in [0.15, 0.2) is 84.5 Å². The highest BCUT2D eigenvalue weighted by molar-refractivity contribution is 6.04. The molecule has 1 aliphatic carbocycles. The largest absolute Gasteiger partial charge is 0.295 e. The highest BCUT2D eigenvalue weighted by Gasteiger charge is 2.26. The van der Waals surface area contributed by atoms with E-state index in [1.807, 2.05) is 43.3 Å². The van der Waals surface area contributed by atoms with Crippen LogP contribution in [0, 0.1) is 0 Å². The number of carbonyl (C=O) groups excluding carboxylic acids is 2. The average Bonchev–Trinajstić information content (AvgIpc) is 2.98. The van der Waals surface area contributed by atoms with E-state index in [2.05, 4.69) is 58.6 Å². The smallest absolute Gasteiger partial charge is 0.160 e. The molecule has 0 N–H and O–H groups in total. The van der Waals surface area contributed by atoms with Gasteiger partial charge in [0.15, 0.2) is 11.6 Å². The zero-order valence-corrected chi connectivity index (χ0v) is 27.2. The number of carbonyl (C=O) groups is 2. The van der Waals surface area contributed by atoms with Gasteiger partial charge in [-0.25, -0.2) is 0 Å². The fraction of sp³-hybridized carbons (Fsp3) is 0.400. The zero-order chi connectivity index (χ0) is 31.1. The number of unbranched alkanes of at least 4 members (excludes halogenated alkanes) is 5. The van der Waals surface area contributed by atoms with Crippen molar-refractivity contribution in [1.29, 1.82) is 0 Å². The maximum absolute atomic E-state index is 12.8. The molecule has 0 radical (unpaired) electrons. The lowest BCUT2D eigenvalue weighted by Gasteiger charge is -2.27. The maximum Gasteiger partial charge on any atom is 0.160 e. The summed E-state index contributed by atoms with van der Waals surface area (Å²) in [6.07, 6.45) is 21.3. The predicted molar refractivity (Wildman–Crippen MR) is 183 cm³/mol. The maximum atomic E-state index is 12.8. The Labute approximate surface area is 256 Å². The summed E-state index contributed by atoms with van der Waals surface area (Å²) in [5.74, 6) is 0.0821. The van der Waals surface area contributed by atoms with E-state index in [-0.39, 0.29) is 11.6 Å². The van der Waals surface area contributed by atoms with Gasteiger partial charge in [-0.05, 0) is 96.7 Å². The first-order valence-electron chi connectivity index (χ1n) is 15.9. The van der Waals surface area contributed by atoms with Gasteiger partial charge in [-0.1, -0.05) is 127 Å². The fourth-order valence-corrected chi connectivity index (χ4v) is 5.57. The minimum Gasteiger partial charge on any atom is -0.295 e. The minimum absolute atomic E-state index is 0.0353. The highest BCUT2D eigenvalue weighted by atomic mass is 16.1. The van der Waals surface area contributed by atoms with E-state index in [4.69, 9.17) is 0 Å². The van der Waals surface area contributed by atoms with Crippen molar-refractivity contribution in [1.82, 2.24) is 0 Å². The van der Waals surface area contributed by atoms with Gasteiger partial charge in [-0.2, -0.15) is 0 Å². The number of rotatable bonds is 13. The number of ketones is 2. The molecule has 224 valence electrons. The summed E-state index contributed by atoms with van der Waals surface area (Å²) in [7, 11) is 0. The number of hydrogen-bond donors (Lipinski definition) is 0. The molecule has 1 aliphatic rings. The van der Waals surface area contributed by atoms with Gasteiger partial charge in [0, 0.05) is 11.1 Å². The number of benzene rings is 2. The van der Waals surface area contributed by atoms with Crippen LogP contribution in [-0.4, -0.2) is 11.6 Å². The molecule has 0 saturated heterocycles. The van der Waals surface area contributed by atoms with Crippen LogP contribution in [0.25, 0.3) is 11.1 Å². The predicted octanol–water partition coefficient (Wildman–Crippen LogP) is 11.7. The summed E-state index contributed by atoms with van der Waals surface area (Å²) in [5.41, 5.74) is 10.1. The summed E-state index contributed by atoms with van der Waals surface area (Å²) in [5, 5.41) is 0. The summed E-state index contributed by atoms with van der Waals surface area (Å²) in [4.78, 5) is 24.9. The number of allylic oxidation sites excluding steroid dienone is 8. The molecule has 0 saturated carbocycles. The van der Waals surface area contributed by atoms with E-state index in [0.717, 1.165) is 51.8 Å². The first-order valence-corrected chi connectivity index (χ1v) is 15.9. The monoisotopic (exact) mass is 564 g/mol. The SMILES string of the molecule is C=C/C=C1/Cc2cc(C(C)=O)ccc2C(c2cc(C(=CCC)CC)ccc2C(C)=O)=C1/C=C\C.CCCCCCCC. The van der Waals surface area contributed by atoms with Crippen LogP contribution in [0.5, 0.6) is 0 Å². The Balaban J connectivity index is 0.000000675. The van der Waals surface area contributed by atoms with Gasteiger partial charge in [0.25, 0.3) is 0 Å². The van der Waals surface area contributed by atoms with Crippen LogP contribution in [0.2, 0.25) is 0 Å². The summed E-state index contributed by atoms with van der Waals surface area (Å²) in [6, 6.07) is 12.1. The van der Waals surface area contributed by atoms with E-state index in [1.54, 1.807) is 19.9 Å². The second kappa shape index (κ2) is 18.1. The average molecular weight is 565 g/mol. The van der Waals surface area contributed by atoms with Crippen LogP contribution in [-0.2, 0) is 6.42 Å². The van der Waals surface area contributed by atoms with Crippen LogP contribution in [0.4, 0.5) is 0 Å². The van der Waals surface area contributed by atoms with Crippen LogP contribution in [0.3, 0.4) is 0 Å². The lowest BCUT2D eigenvalue weighted by Crippen LogP contribution is -2.12. The van der Waals surface area contributed by atoms with Crippen molar-refractivity contribution in [2.45, 2.75) is 106 Å². The van der Waals surface area contributed by atoms with Gasteiger partial charge in [-0.15, -0.1) is 0 Å². The molecule has 42 heavy (non-hydrogen) atoms. The van der Waals surface area contributed by atoms with Crippen LogP contribution < -0.4 is 0 Å². The lowest BCUT2D eigenvalue weighted by atomic mass is 9.76. The van der Waals surface area contributed by atoms with Crippen molar-refractivity contribution in [2.75, 3.05) is 0 Å². The molecular formula is C40H52O2. The second-order valence-corrected chi connectivity index (χ2v) is 11.0. The molecule has 2 heteroatoms. The van der Waals surface area contributed by atoms with Crippen molar-refractivity contribution in [3.63, 3.8) is 0 Å². The molecule has 3 rings (SSSR count). The lowest BCUT2D eigenvalue weighted by molar-refractivity contribution is 0.100. The van der Waals surface area contributed by atoms with Crippen molar-refractivity contribution in [3.05, 3.63) is 118 Å². The molecule has 0 heterocycles. The van der Waals surface area contributed by atoms with Gasteiger partial charge in [0.05, 0.1) is 0 Å². The Morgan fingerprint density at radius 3 is 2.02 bits per heavy atom. The summed E-state index contributed by atoms with van der Waals surface area (Å²) in [6.45, 7) is 18.0. The van der Waals surface area contributed by atoms with E-state index >= 15 is 0 Å². The highest BCUT2D eigenvalue weighted by Crippen LogP contribution is 2.42. The Bertz CT molecular complexity index is 1350. The Morgan fingerprint density at radius 2 is 1.50 bits per heavy atom. The molecule has 2 nitrogen and oxygen atoms in total. The summed E-state index contributed by atoms with van der Waals surface area (Å²) < 4.78 is 0. The van der Waals surface area contributed by atoms with Crippen molar-refractivity contribution < 1.29 is 9.59 Å². The molecule has 0 spiro atoms. The molecule has 0 atom stereocenters. The molecule has 0 amide bonds. The quantitative estimate of drug-likeness (QED) is 0.179. The molecular weight excluding hydrogens is 512 g/mol. The first kappa shape index (κ1) is 34.7. The Morgan fingerprint density at radius 1 is 0.833 bits per heavy atom. The van der Waals surface area contributed by atoms with E-state index in [1.165, 1.54) is 44.1 Å². The number of fused-ring (bicyclic) bond motifs is 1. The molecule has 0 bridgehead atoms. The third kappa shape index (κ3) is 9.24. The molecule has 0 fully saturated rings. The van der Waals surface area contributed by atoms with Gasteiger partial charge in [-0.3, -0.25) is 9.59 Å². The van der Waals surface area contributed by atoms with Gasteiger partial charge in [0.1, 0.15) is 0 Å². The van der Waals surface area contributed by atoms with E-state index in [0.29, 0.717) is 17.5 Å². The van der Waals surface area contributed by atoms with Gasteiger partial charge in [0.2, 0.25) is 0 Å². The van der Waals surface area contributed by atoms with Crippen LogP contribution in [0.1, 0.15) is 143 Å². The number of Topliss-reactive ketones (excluding diaryl/α,β-unsaturated/α-hetero) is 2. The third-order valence-corrected chi connectivity index (χ3v) is 7.76. The third-order valence-electron chi connectivity index (χ3n) is 7.76. The zero-order valence-electron chi connectivity index (χ0n) is 27.2. The number of hydrogen-bond acceptors (Lipinski definition) is 2. The molecule has 0 aliphatic heterocycles. The van der Waals surface area contributed by atoms with Gasteiger partial charge < -0.3 is 0 Å². The van der Waals surface area contributed by atoms with E-state index < -0.39 is 0 Å². The molecule has 0 unspecified atom stereocenters. The Kier molecular flexibility index (Phi) is 15.0. The molecule has 0 aromatic heterocycles. The normalized spacial score (nSPS) is 14.1. The summed E-state index contributed by atoms with van der Waals surface area (Å²) >= 11 is 0. The van der Waals surface area contributed by atoms with Crippen LogP contribution >= 0.6 is 0 Å². The fourth-order valence-electron chi connectivity index (χ4n) is 5.57. The Hall–Kier alpha value is -3.52. The van der Waals surface area contributed by atoms with Crippen molar-refractivity contribution in [2.24, 2.45) is 0 Å². The molecule has 2 aromatic rings. The topological polar surface area (TPSA) is 34.1 Å².